The summed E-state index contributed by atoms with van der Waals surface area (Å²) in [5.41, 5.74) is 0. The number of nitrogens with zero attached hydrogens (tertiary/aromatic N) is 1. The van der Waals surface area contributed by atoms with E-state index < -0.39 is 12.1 Å². The zero-order valence-electron chi connectivity index (χ0n) is 9.02. The lowest BCUT2D eigenvalue weighted by atomic mass is 10.2. The van der Waals surface area contributed by atoms with Crippen LogP contribution >= 0.6 is 0 Å². The van der Waals surface area contributed by atoms with Gasteiger partial charge in [0.25, 0.3) is 0 Å². The molecule has 0 bridgehead atoms. The molecule has 2 aliphatic rings. The van der Waals surface area contributed by atoms with Gasteiger partial charge < -0.3 is 15.2 Å². The highest BCUT2D eigenvalue weighted by molar-refractivity contribution is 5.78. The van der Waals surface area contributed by atoms with Crippen molar-refractivity contribution >= 4 is 11.9 Å². The summed E-state index contributed by atoms with van der Waals surface area (Å²) in [6.45, 7) is 2.51. The first kappa shape index (κ1) is 11.3. The van der Waals surface area contributed by atoms with E-state index in [1.807, 2.05) is 4.90 Å². The SMILES string of the molecule is O=C1CN(CC2CCC(C(=O)O)O2)CCN1. The lowest BCUT2D eigenvalue weighted by Gasteiger charge is -2.28. The molecule has 1 amide bonds. The van der Waals surface area contributed by atoms with Crippen molar-refractivity contribution in [1.29, 1.82) is 0 Å². The molecule has 90 valence electrons. The van der Waals surface area contributed by atoms with Crippen molar-refractivity contribution in [2.24, 2.45) is 0 Å². The second-order valence-corrected chi connectivity index (χ2v) is 4.25. The predicted octanol–water partition coefficient (Wildman–Crippen LogP) is -0.950. The van der Waals surface area contributed by atoms with Crippen LogP contribution in [0, 0.1) is 0 Å². The molecule has 0 saturated carbocycles. The van der Waals surface area contributed by atoms with Gasteiger partial charge in [0, 0.05) is 19.6 Å². The zero-order valence-corrected chi connectivity index (χ0v) is 9.02. The van der Waals surface area contributed by atoms with Crippen molar-refractivity contribution in [3.63, 3.8) is 0 Å². The Hall–Kier alpha value is -1.14. The van der Waals surface area contributed by atoms with Crippen LogP contribution in [0.15, 0.2) is 0 Å². The van der Waals surface area contributed by atoms with Crippen molar-refractivity contribution in [3.05, 3.63) is 0 Å². The Morgan fingerprint density at radius 1 is 1.56 bits per heavy atom. The minimum atomic E-state index is -0.890. The number of piperazine rings is 1. The first-order valence-corrected chi connectivity index (χ1v) is 5.52. The van der Waals surface area contributed by atoms with Crippen molar-refractivity contribution in [1.82, 2.24) is 10.2 Å². The number of nitrogens with one attached hydrogen (secondary N) is 1. The molecule has 2 fully saturated rings. The molecule has 2 atom stereocenters. The summed E-state index contributed by atoms with van der Waals surface area (Å²) in [5.74, 6) is -0.863. The fraction of sp³-hybridized carbons (Fsp3) is 0.800. The number of carboxylic acids is 1. The third-order valence-electron chi connectivity index (χ3n) is 2.96. The van der Waals surface area contributed by atoms with Crippen LogP contribution in [0.5, 0.6) is 0 Å². The Morgan fingerprint density at radius 3 is 3.00 bits per heavy atom. The van der Waals surface area contributed by atoms with Crippen molar-refractivity contribution in [3.8, 4) is 0 Å². The summed E-state index contributed by atoms with van der Waals surface area (Å²) in [7, 11) is 0. The number of hydrogen-bond acceptors (Lipinski definition) is 4. The van der Waals surface area contributed by atoms with E-state index >= 15 is 0 Å². The molecule has 6 heteroatoms. The van der Waals surface area contributed by atoms with E-state index in [1.54, 1.807) is 0 Å². The number of carbonyl (C=O) groups is 2. The molecule has 2 saturated heterocycles. The fourth-order valence-electron chi connectivity index (χ4n) is 2.16. The topological polar surface area (TPSA) is 78.9 Å². The molecule has 2 rings (SSSR count). The molecule has 0 spiro atoms. The second-order valence-electron chi connectivity index (χ2n) is 4.25. The maximum absolute atomic E-state index is 11.1. The number of hydrogen-bond donors (Lipinski definition) is 2. The first-order chi connectivity index (χ1) is 7.65. The first-order valence-electron chi connectivity index (χ1n) is 5.52. The van der Waals surface area contributed by atoms with Crippen LogP contribution < -0.4 is 5.32 Å². The summed E-state index contributed by atoms with van der Waals surface area (Å²) in [5, 5.41) is 11.5. The molecule has 16 heavy (non-hydrogen) atoms. The second kappa shape index (κ2) is 4.80. The van der Waals surface area contributed by atoms with E-state index in [2.05, 4.69) is 5.32 Å². The highest BCUT2D eigenvalue weighted by Crippen LogP contribution is 2.20. The average molecular weight is 228 g/mol. The van der Waals surface area contributed by atoms with Gasteiger partial charge in [-0.25, -0.2) is 4.79 Å². The fourth-order valence-corrected chi connectivity index (χ4v) is 2.16. The van der Waals surface area contributed by atoms with Gasteiger partial charge in [0.2, 0.25) is 5.91 Å². The van der Waals surface area contributed by atoms with E-state index in [0.717, 1.165) is 13.0 Å². The normalized spacial score (nSPS) is 31.4. The minimum Gasteiger partial charge on any atom is -0.479 e. The number of carbonyl (C=O) groups excluding carboxylic acids is 1. The number of aliphatic carboxylic acids is 1. The van der Waals surface area contributed by atoms with Crippen molar-refractivity contribution < 1.29 is 19.4 Å². The molecular formula is C10H16N2O4. The summed E-state index contributed by atoms with van der Waals surface area (Å²) >= 11 is 0. The van der Waals surface area contributed by atoms with E-state index in [-0.39, 0.29) is 12.0 Å². The Balaban J connectivity index is 1.78. The monoisotopic (exact) mass is 228 g/mol. The van der Waals surface area contributed by atoms with Crippen LogP contribution in [0.2, 0.25) is 0 Å². The van der Waals surface area contributed by atoms with E-state index in [0.29, 0.717) is 26.1 Å². The quantitative estimate of drug-likeness (QED) is 0.651. The van der Waals surface area contributed by atoms with Gasteiger partial charge in [0.15, 0.2) is 6.10 Å². The van der Waals surface area contributed by atoms with Crippen molar-refractivity contribution in [2.45, 2.75) is 25.0 Å². The average Bonchev–Trinajstić information content (AvgIpc) is 2.66. The third kappa shape index (κ3) is 2.70. The van der Waals surface area contributed by atoms with Crippen LogP contribution in [-0.4, -0.2) is 60.3 Å². The summed E-state index contributed by atoms with van der Waals surface area (Å²) in [6, 6.07) is 0. The third-order valence-corrected chi connectivity index (χ3v) is 2.96. The van der Waals surface area contributed by atoms with Gasteiger partial charge in [-0.05, 0) is 12.8 Å². The van der Waals surface area contributed by atoms with Gasteiger partial charge in [-0.3, -0.25) is 9.69 Å². The molecule has 0 aliphatic carbocycles. The molecule has 2 heterocycles. The van der Waals surface area contributed by atoms with Crippen LogP contribution in [0.1, 0.15) is 12.8 Å². The Labute approximate surface area is 93.6 Å². The molecule has 0 aromatic heterocycles. The lowest BCUT2D eigenvalue weighted by Crippen LogP contribution is -2.49. The molecule has 2 N–H and O–H groups in total. The zero-order chi connectivity index (χ0) is 11.5. The van der Waals surface area contributed by atoms with Crippen LogP contribution in [0.3, 0.4) is 0 Å². The van der Waals surface area contributed by atoms with Gasteiger partial charge in [-0.1, -0.05) is 0 Å². The van der Waals surface area contributed by atoms with Crippen LogP contribution in [-0.2, 0) is 14.3 Å². The minimum absolute atomic E-state index is 0.0269. The van der Waals surface area contributed by atoms with E-state index in [1.165, 1.54) is 0 Å². The highest BCUT2D eigenvalue weighted by atomic mass is 16.5. The van der Waals surface area contributed by atoms with Crippen LogP contribution in [0.4, 0.5) is 0 Å². The van der Waals surface area contributed by atoms with Gasteiger partial charge in [0.1, 0.15) is 0 Å². The number of amides is 1. The summed E-state index contributed by atoms with van der Waals surface area (Å²) in [4.78, 5) is 23.8. The summed E-state index contributed by atoms with van der Waals surface area (Å²) in [6.07, 6.45) is 0.616. The molecular weight excluding hydrogens is 212 g/mol. The van der Waals surface area contributed by atoms with Gasteiger partial charge >= 0.3 is 5.97 Å². The van der Waals surface area contributed by atoms with E-state index in [9.17, 15) is 9.59 Å². The summed E-state index contributed by atoms with van der Waals surface area (Å²) < 4.78 is 5.39. The molecule has 0 aromatic carbocycles. The maximum Gasteiger partial charge on any atom is 0.332 e. The Bertz CT molecular complexity index is 295. The predicted molar refractivity (Wildman–Crippen MR) is 55.0 cm³/mol. The molecule has 0 radical (unpaired) electrons. The Kier molecular flexibility index (Phi) is 3.40. The standard InChI is InChI=1S/C10H16N2O4/c13-9-6-12(4-3-11-9)5-7-1-2-8(16-7)10(14)15/h7-8H,1-6H2,(H,11,13)(H,14,15). The smallest absolute Gasteiger partial charge is 0.332 e. The van der Waals surface area contributed by atoms with Gasteiger partial charge in [-0.15, -0.1) is 0 Å². The number of ether oxygens (including phenoxy) is 1. The molecule has 2 aliphatic heterocycles. The van der Waals surface area contributed by atoms with Crippen molar-refractivity contribution in [2.75, 3.05) is 26.2 Å². The molecule has 6 nitrogen and oxygen atoms in total. The number of rotatable bonds is 3. The molecule has 0 aromatic rings. The Morgan fingerprint density at radius 2 is 2.38 bits per heavy atom. The highest BCUT2D eigenvalue weighted by Gasteiger charge is 2.32. The van der Waals surface area contributed by atoms with Gasteiger partial charge in [-0.2, -0.15) is 0 Å². The maximum atomic E-state index is 11.1. The van der Waals surface area contributed by atoms with Gasteiger partial charge in [0.05, 0.1) is 12.6 Å². The number of carboxylic acid groups (broad SMARTS) is 1. The van der Waals surface area contributed by atoms with E-state index in [4.69, 9.17) is 9.84 Å². The lowest BCUT2D eigenvalue weighted by molar-refractivity contribution is -0.150. The largest absolute Gasteiger partial charge is 0.479 e. The molecule has 2 unspecified atom stereocenters. The van der Waals surface area contributed by atoms with Crippen LogP contribution in [0.25, 0.3) is 0 Å².